The third-order valence-electron chi connectivity index (χ3n) is 8.12. The van der Waals surface area contributed by atoms with E-state index in [0.717, 1.165) is 50.1 Å². The Labute approximate surface area is 382 Å². The SMILES string of the molecule is BrI(I)I.C.Cc1cc(Br)cc(CBr)c1.Cc1cc(Br)cc(CCc2cc(C)cc(-n3c(C)ccc3C)n2)c1.Cc1cc(C)nc(-n2c(C)ccc2C)c1. The van der Waals surface area contributed by atoms with Gasteiger partial charge in [-0.3, -0.25) is 0 Å². The quantitative estimate of drug-likeness (QED) is 0.123. The van der Waals surface area contributed by atoms with Crippen molar-refractivity contribution in [2.75, 3.05) is 0 Å². The maximum Gasteiger partial charge on any atom is 0.137 e. The van der Waals surface area contributed by atoms with Crippen LogP contribution < -0.4 is 0 Å². The first-order chi connectivity index (χ1) is 24.9. The fourth-order valence-electron chi connectivity index (χ4n) is 6.07. The van der Waals surface area contributed by atoms with E-state index in [1.165, 1.54) is 56.2 Å². The standard InChI is InChI=1S/C21H23BrN2.C13H16N2.C8H8Br2.CH4.BrI3/c1-14-9-18(13-19(22)10-14)7-8-20-11-15(2)12-21(23-20)24-16(3)5-6-17(24)4;1-9-7-10(2)14-13(8-9)15-11(3)5-6-12(15)4;1-6-2-7(5-9)4-8(10)3-6;;1-4(2)3/h5-6,9-13H,7-8H2,1-4H3;5-8H,1-4H3;2-4H,5H2,1H3;1H4;. The average Bonchev–Trinajstić information content (AvgIpc) is 3.57. The number of nitrogens with zero attached hydrogens (tertiary/aromatic N) is 4. The zero-order chi connectivity index (χ0) is 39.4. The predicted octanol–water partition coefficient (Wildman–Crippen LogP) is 16.6. The van der Waals surface area contributed by atoms with Crippen LogP contribution in [0.4, 0.5) is 0 Å². The zero-order valence-electron chi connectivity index (χ0n) is 31.6. The van der Waals surface area contributed by atoms with Crippen molar-refractivity contribution in [3.05, 3.63) is 161 Å². The molecule has 6 aromatic rings. The Hall–Kier alpha value is -0.590. The van der Waals surface area contributed by atoms with Gasteiger partial charge in [0.25, 0.3) is 0 Å². The summed E-state index contributed by atoms with van der Waals surface area (Å²) in [7, 11) is -0.511. The molecule has 6 rings (SSSR count). The van der Waals surface area contributed by atoms with Gasteiger partial charge in [0.2, 0.25) is 0 Å². The second kappa shape index (κ2) is 24.4. The van der Waals surface area contributed by atoms with Crippen LogP contribution in [0.2, 0.25) is 0 Å². The molecule has 4 nitrogen and oxygen atoms in total. The Bertz CT molecular complexity index is 2000. The first kappa shape index (κ1) is 49.6. The molecular weight excluding hydrogens is 1270 g/mol. The Morgan fingerprint density at radius 3 is 1.35 bits per heavy atom. The maximum absolute atomic E-state index is 4.91. The van der Waals surface area contributed by atoms with Crippen molar-refractivity contribution in [3.63, 3.8) is 0 Å². The number of alkyl halides is 1. The monoisotopic (exact) mass is 1320 g/mol. The first-order valence-corrected chi connectivity index (χ1v) is 37.1. The Kier molecular flexibility index (Phi) is 22.4. The van der Waals surface area contributed by atoms with Crippen molar-refractivity contribution in [1.82, 2.24) is 19.1 Å². The third kappa shape index (κ3) is 16.7. The molecule has 0 bridgehead atoms. The van der Waals surface area contributed by atoms with Gasteiger partial charge in [0, 0.05) is 48.4 Å². The van der Waals surface area contributed by atoms with Gasteiger partial charge in [-0.1, -0.05) is 67.3 Å². The fourth-order valence-corrected chi connectivity index (χ4v) is 7.71. The summed E-state index contributed by atoms with van der Waals surface area (Å²) in [5, 5.41) is 0.924. The third-order valence-corrected chi connectivity index (χ3v) is 9.69. The molecule has 0 atom stereocenters. The number of rotatable bonds is 6. The minimum absolute atomic E-state index is 0. The van der Waals surface area contributed by atoms with E-state index in [1.807, 2.05) is 6.92 Å². The van der Waals surface area contributed by atoms with Gasteiger partial charge >= 0.3 is 59.6 Å². The molecule has 11 heteroatoms. The smallest absolute Gasteiger partial charge is 0.137 e. The zero-order valence-corrected chi connectivity index (χ0v) is 44.5. The molecule has 0 unspecified atom stereocenters. The van der Waals surface area contributed by atoms with E-state index < -0.39 is 9.64 Å². The van der Waals surface area contributed by atoms with Gasteiger partial charge in [-0.15, -0.1) is 0 Å². The molecule has 0 aliphatic rings. The number of hydrogen-bond donors (Lipinski definition) is 0. The van der Waals surface area contributed by atoms with Crippen LogP contribution in [-0.2, 0) is 18.2 Å². The van der Waals surface area contributed by atoms with Gasteiger partial charge in [0.05, 0.1) is 0 Å². The van der Waals surface area contributed by atoms with Crippen LogP contribution in [0.15, 0.2) is 93.9 Å². The van der Waals surface area contributed by atoms with Gasteiger partial charge in [-0.25, -0.2) is 9.97 Å². The minimum atomic E-state index is -0.511. The molecule has 0 amide bonds. The number of benzene rings is 2. The van der Waals surface area contributed by atoms with Gasteiger partial charge in [-0.2, -0.15) is 0 Å². The number of hydrogen-bond acceptors (Lipinski definition) is 2. The molecule has 0 saturated heterocycles. The van der Waals surface area contributed by atoms with Crippen LogP contribution in [0, 0.1) is 62.3 Å². The molecule has 292 valence electrons. The van der Waals surface area contributed by atoms with Crippen molar-refractivity contribution in [1.29, 1.82) is 0 Å². The fraction of sp³-hybridized carbons (Fsp3) is 0.302. The first-order valence-electron chi connectivity index (χ1n) is 17.0. The molecule has 0 spiro atoms. The van der Waals surface area contributed by atoms with Crippen molar-refractivity contribution in [2.45, 2.75) is 87.9 Å². The second-order valence-corrected chi connectivity index (χ2v) is 56.9. The average molecular weight is 1320 g/mol. The molecule has 0 aliphatic carbocycles. The van der Waals surface area contributed by atoms with E-state index in [9.17, 15) is 0 Å². The number of aromatic nitrogens is 4. The van der Waals surface area contributed by atoms with Gasteiger partial charge < -0.3 is 9.13 Å². The summed E-state index contributed by atoms with van der Waals surface area (Å²) in [5.41, 5.74) is 14.9. The van der Waals surface area contributed by atoms with Crippen molar-refractivity contribution >= 4 is 107 Å². The normalized spacial score (nSPS) is 10.5. The molecule has 4 heterocycles. The largest absolute Gasteiger partial charge is 0.303 e. The molecule has 4 aromatic heterocycles. The molecule has 0 N–H and O–H groups in total. The Morgan fingerprint density at radius 2 is 0.926 bits per heavy atom. The minimum Gasteiger partial charge on any atom is -0.303 e. The molecule has 0 aliphatic heterocycles. The molecular formula is C43H51Br4I3N4. The van der Waals surface area contributed by atoms with Gasteiger partial charge in [0.15, 0.2) is 0 Å². The maximum atomic E-state index is 4.91. The van der Waals surface area contributed by atoms with E-state index >= 15 is 0 Å². The van der Waals surface area contributed by atoms with Crippen LogP contribution in [0.1, 0.15) is 75.0 Å². The van der Waals surface area contributed by atoms with Crippen molar-refractivity contribution < 1.29 is 0 Å². The van der Waals surface area contributed by atoms with E-state index in [0.29, 0.717) is 0 Å². The van der Waals surface area contributed by atoms with E-state index in [2.05, 4.69) is 252 Å². The van der Waals surface area contributed by atoms with Crippen molar-refractivity contribution in [2.24, 2.45) is 0 Å². The van der Waals surface area contributed by atoms with E-state index in [1.54, 1.807) is 0 Å². The topological polar surface area (TPSA) is 35.6 Å². The van der Waals surface area contributed by atoms with E-state index in [4.69, 9.17) is 4.98 Å². The summed E-state index contributed by atoms with van der Waals surface area (Å²) in [6.45, 7) is 19.0. The molecule has 2 aromatic carbocycles. The van der Waals surface area contributed by atoms with Crippen LogP contribution in [-0.4, -0.2) is 19.1 Å². The van der Waals surface area contributed by atoms with Gasteiger partial charge in [0.1, 0.15) is 11.6 Å². The predicted molar refractivity (Wildman–Crippen MR) is 276 cm³/mol. The summed E-state index contributed by atoms with van der Waals surface area (Å²) < 4.78 is 6.70. The summed E-state index contributed by atoms with van der Waals surface area (Å²) in [4.78, 5) is 9.47. The molecule has 0 radical (unpaired) electrons. The summed E-state index contributed by atoms with van der Waals surface area (Å²) in [6, 6.07) is 30.1. The molecule has 0 saturated carbocycles. The van der Waals surface area contributed by atoms with Crippen molar-refractivity contribution in [3.8, 4) is 11.6 Å². The Morgan fingerprint density at radius 1 is 0.537 bits per heavy atom. The summed E-state index contributed by atoms with van der Waals surface area (Å²) in [6.07, 6.45) is 1.95. The summed E-state index contributed by atoms with van der Waals surface area (Å²) >= 11 is 18.6. The van der Waals surface area contributed by atoms with Crippen LogP contribution in [0.3, 0.4) is 0 Å². The number of pyridine rings is 2. The van der Waals surface area contributed by atoms with E-state index in [-0.39, 0.29) is 7.43 Å². The second-order valence-electron chi connectivity index (χ2n) is 13.1. The Balaban J connectivity index is 0.000000287. The summed E-state index contributed by atoms with van der Waals surface area (Å²) in [5.74, 6) is 2.04. The number of aryl methyl sites for hydroxylation is 11. The van der Waals surface area contributed by atoms with Gasteiger partial charge in [-0.05, 0) is 181 Å². The van der Waals surface area contributed by atoms with Crippen LogP contribution in [0.25, 0.3) is 11.6 Å². The molecule has 0 fully saturated rings. The molecule has 54 heavy (non-hydrogen) atoms. The van der Waals surface area contributed by atoms with Crippen LogP contribution >= 0.6 is 107 Å². The van der Waals surface area contributed by atoms with Crippen LogP contribution in [0.5, 0.6) is 0 Å². The number of halogens is 7.